The van der Waals surface area contributed by atoms with Gasteiger partial charge in [0.05, 0.1) is 6.07 Å². The minimum atomic E-state index is -0.314. The highest BCUT2D eigenvalue weighted by atomic mass is 15.2. The van der Waals surface area contributed by atoms with E-state index in [1.165, 1.54) is 32.2 Å². The summed E-state index contributed by atoms with van der Waals surface area (Å²) < 4.78 is 0. The second-order valence-corrected chi connectivity index (χ2v) is 7.08. The molecule has 0 spiro atoms. The van der Waals surface area contributed by atoms with Crippen LogP contribution in [-0.4, -0.2) is 35.6 Å². The van der Waals surface area contributed by atoms with Crippen LogP contribution in [0.3, 0.4) is 0 Å². The average Bonchev–Trinajstić information content (AvgIpc) is 3.09. The van der Waals surface area contributed by atoms with Crippen molar-refractivity contribution >= 4 is 0 Å². The van der Waals surface area contributed by atoms with Gasteiger partial charge in [-0.1, -0.05) is 13.8 Å². The molecular weight excluding hydrogens is 234 g/mol. The van der Waals surface area contributed by atoms with E-state index in [-0.39, 0.29) is 5.54 Å². The van der Waals surface area contributed by atoms with Crippen LogP contribution in [0.5, 0.6) is 0 Å². The highest BCUT2D eigenvalue weighted by Gasteiger charge is 2.48. The lowest BCUT2D eigenvalue weighted by molar-refractivity contribution is 0.149. The molecule has 0 aromatic carbocycles. The van der Waals surface area contributed by atoms with E-state index in [2.05, 4.69) is 44.0 Å². The topological polar surface area (TPSA) is 39.1 Å². The van der Waals surface area contributed by atoms with Crippen LogP contribution < -0.4 is 5.32 Å². The van der Waals surface area contributed by atoms with E-state index < -0.39 is 0 Å². The van der Waals surface area contributed by atoms with E-state index in [1.807, 2.05) is 0 Å². The average molecular weight is 263 g/mol. The van der Waals surface area contributed by atoms with E-state index in [4.69, 9.17) is 0 Å². The fraction of sp³-hybridized carbons (Fsp3) is 0.938. The molecule has 0 aromatic rings. The fourth-order valence-electron chi connectivity index (χ4n) is 3.67. The molecule has 1 N–H and O–H groups in total. The first-order chi connectivity index (χ1) is 8.98. The van der Waals surface area contributed by atoms with Gasteiger partial charge < -0.3 is 0 Å². The molecule has 2 aliphatic rings. The van der Waals surface area contributed by atoms with Crippen molar-refractivity contribution in [3.63, 3.8) is 0 Å². The summed E-state index contributed by atoms with van der Waals surface area (Å²) in [5, 5.41) is 13.4. The quantitative estimate of drug-likeness (QED) is 0.801. The minimum Gasteiger partial charge on any atom is -0.297 e. The summed E-state index contributed by atoms with van der Waals surface area (Å²) in [5.74, 6) is 1.26. The van der Waals surface area contributed by atoms with Gasteiger partial charge in [-0.3, -0.25) is 10.2 Å². The predicted molar refractivity (Wildman–Crippen MR) is 78.8 cm³/mol. The SMILES string of the molecule is CC(C)NC(C#N)(CN1CCCC1C(C)C)C1CC1. The summed E-state index contributed by atoms with van der Waals surface area (Å²) >= 11 is 0. The molecule has 0 radical (unpaired) electrons. The van der Waals surface area contributed by atoms with Gasteiger partial charge in [0.2, 0.25) is 0 Å². The third kappa shape index (κ3) is 3.30. The molecule has 19 heavy (non-hydrogen) atoms. The van der Waals surface area contributed by atoms with E-state index in [0.717, 1.165) is 6.54 Å². The van der Waals surface area contributed by atoms with Crippen LogP contribution >= 0.6 is 0 Å². The van der Waals surface area contributed by atoms with E-state index in [1.54, 1.807) is 0 Å². The number of nitrogens with one attached hydrogen (secondary N) is 1. The maximum absolute atomic E-state index is 9.78. The standard InChI is InChI=1S/C16H29N3/c1-12(2)15-6-5-9-19(15)11-16(10-17,14-7-8-14)18-13(3)4/h12-15,18H,5-9,11H2,1-4H3. The van der Waals surface area contributed by atoms with Gasteiger partial charge in [0.15, 0.2) is 0 Å². The van der Waals surface area contributed by atoms with Gasteiger partial charge in [0.25, 0.3) is 0 Å². The molecule has 0 aromatic heterocycles. The van der Waals surface area contributed by atoms with Crippen LogP contribution in [0.25, 0.3) is 0 Å². The van der Waals surface area contributed by atoms with Crippen molar-refractivity contribution in [3.05, 3.63) is 0 Å². The van der Waals surface area contributed by atoms with Crippen molar-refractivity contribution in [1.82, 2.24) is 10.2 Å². The summed E-state index contributed by atoms with van der Waals surface area (Å²) in [6, 6.07) is 3.68. The summed E-state index contributed by atoms with van der Waals surface area (Å²) in [5.41, 5.74) is -0.314. The first-order valence-corrected chi connectivity index (χ1v) is 7.91. The Bertz CT molecular complexity index is 340. The Hall–Kier alpha value is -0.590. The predicted octanol–water partition coefficient (Wildman–Crippen LogP) is 2.78. The van der Waals surface area contributed by atoms with Crippen molar-refractivity contribution in [3.8, 4) is 6.07 Å². The number of nitrogens with zero attached hydrogens (tertiary/aromatic N) is 2. The van der Waals surface area contributed by atoms with Crippen LogP contribution in [0.15, 0.2) is 0 Å². The van der Waals surface area contributed by atoms with Gasteiger partial charge >= 0.3 is 0 Å². The molecule has 2 rings (SSSR count). The summed E-state index contributed by atoms with van der Waals surface area (Å²) in [6.07, 6.45) is 5.02. The zero-order chi connectivity index (χ0) is 14.0. The lowest BCUT2D eigenvalue weighted by atomic mass is 9.91. The highest BCUT2D eigenvalue weighted by Crippen LogP contribution is 2.41. The zero-order valence-electron chi connectivity index (χ0n) is 12.9. The summed E-state index contributed by atoms with van der Waals surface area (Å²) in [6.45, 7) is 11.0. The van der Waals surface area contributed by atoms with Crippen LogP contribution in [0.1, 0.15) is 53.4 Å². The van der Waals surface area contributed by atoms with Gasteiger partial charge in [-0.25, -0.2) is 0 Å². The molecule has 108 valence electrons. The smallest absolute Gasteiger partial charge is 0.122 e. The third-order valence-corrected chi connectivity index (χ3v) is 4.66. The molecule has 1 saturated heterocycles. The van der Waals surface area contributed by atoms with Crippen molar-refractivity contribution in [2.75, 3.05) is 13.1 Å². The Morgan fingerprint density at radius 2 is 1.95 bits per heavy atom. The lowest BCUT2D eigenvalue weighted by Gasteiger charge is -2.37. The first kappa shape index (κ1) is 14.8. The van der Waals surface area contributed by atoms with Gasteiger partial charge in [-0.05, 0) is 57.9 Å². The number of hydrogen-bond donors (Lipinski definition) is 1. The van der Waals surface area contributed by atoms with Gasteiger partial charge in [0, 0.05) is 18.6 Å². The number of hydrogen-bond acceptors (Lipinski definition) is 3. The molecule has 0 amide bonds. The van der Waals surface area contributed by atoms with Crippen LogP contribution in [0.4, 0.5) is 0 Å². The van der Waals surface area contributed by atoms with Gasteiger partial charge in [-0.15, -0.1) is 0 Å². The van der Waals surface area contributed by atoms with Gasteiger partial charge in [-0.2, -0.15) is 5.26 Å². The van der Waals surface area contributed by atoms with Gasteiger partial charge in [0.1, 0.15) is 5.54 Å². The van der Waals surface area contributed by atoms with E-state index in [9.17, 15) is 5.26 Å². The van der Waals surface area contributed by atoms with Crippen molar-refractivity contribution in [1.29, 1.82) is 5.26 Å². The van der Waals surface area contributed by atoms with Crippen LogP contribution in [-0.2, 0) is 0 Å². The molecule has 1 aliphatic heterocycles. The molecule has 3 nitrogen and oxygen atoms in total. The Balaban J connectivity index is 2.09. The number of rotatable bonds is 6. The van der Waals surface area contributed by atoms with E-state index >= 15 is 0 Å². The monoisotopic (exact) mass is 263 g/mol. The Morgan fingerprint density at radius 3 is 2.42 bits per heavy atom. The molecule has 1 heterocycles. The van der Waals surface area contributed by atoms with E-state index in [0.29, 0.717) is 23.9 Å². The van der Waals surface area contributed by atoms with Crippen molar-refractivity contribution in [2.45, 2.75) is 71.0 Å². The summed E-state index contributed by atoms with van der Waals surface area (Å²) in [7, 11) is 0. The third-order valence-electron chi connectivity index (χ3n) is 4.66. The van der Waals surface area contributed by atoms with Crippen molar-refractivity contribution < 1.29 is 0 Å². The molecule has 2 atom stereocenters. The highest BCUT2D eigenvalue weighted by molar-refractivity contribution is 5.17. The largest absolute Gasteiger partial charge is 0.297 e. The molecule has 0 bridgehead atoms. The maximum Gasteiger partial charge on any atom is 0.122 e. The van der Waals surface area contributed by atoms with Crippen LogP contribution in [0.2, 0.25) is 0 Å². The summed E-state index contributed by atoms with van der Waals surface area (Å²) in [4.78, 5) is 2.57. The number of nitriles is 1. The Morgan fingerprint density at radius 1 is 1.26 bits per heavy atom. The minimum absolute atomic E-state index is 0.314. The molecular formula is C16H29N3. The molecule has 1 aliphatic carbocycles. The molecule has 2 fully saturated rings. The van der Waals surface area contributed by atoms with Crippen molar-refractivity contribution in [2.24, 2.45) is 11.8 Å². The zero-order valence-corrected chi connectivity index (χ0v) is 12.9. The maximum atomic E-state index is 9.78. The second kappa shape index (κ2) is 5.81. The first-order valence-electron chi connectivity index (χ1n) is 7.91. The lowest BCUT2D eigenvalue weighted by Crippen LogP contribution is -2.57. The normalized spacial score (nSPS) is 27.7. The number of likely N-dealkylation sites (tertiary alicyclic amines) is 1. The molecule has 3 heteroatoms. The molecule has 1 saturated carbocycles. The molecule has 2 unspecified atom stereocenters. The Kier molecular flexibility index (Phi) is 4.53. The Labute approximate surface area is 118 Å². The van der Waals surface area contributed by atoms with Crippen LogP contribution in [0, 0.1) is 23.2 Å². The fourth-order valence-corrected chi connectivity index (χ4v) is 3.67. The second-order valence-electron chi connectivity index (χ2n) is 7.08.